The fourth-order valence-corrected chi connectivity index (χ4v) is 2.56. The number of likely N-dealkylation sites (N-methyl/N-ethyl adjacent to an activating group) is 1. The van der Waals surface area contributed by atoms with Gasteiger partial charge in [0.15, 0.2) is 0 Å². The second-order valence-corrected chi connectivity index (χ2v) is 5.22. The molecule has 1 aliphatic carbocycles. The van der Waals surface area contributed by atoms with Gasteiger partial charge < -0.3 is 20.8 Å². The third kappa shape index (κ3) is 2.96. The highest BCUT2D eigenvalue weighted by Gasteiger charge is 2.32. The minimum Gasteiger partial charge on any atom is -0.478 e. The van der Waals surface area contributed by atoms with Crippen molar-refractivity contribution in [3.05, 3.63) is 17.8 Å². The Kier molecular flexibility index (Phi) is 3.61. The van der Waals surface area contributed by atoms with Gasteiger partial charge in [-0.05, 0) is 18.9 Å². The molecule has 2 rings (SSSR count). The number of anilines is 2. The second kappa shape index (κ2) is 5.05. The molecule has 6 heteroatoms. The number of hydrogen-bond acceptors (Lipinski definition) is 5. The maximum absolute atomic E-state index is 11.0. The molecule has 6 nitrogen and oxygen atoms in total. The van der Waals surface area contributed by atoms with Gasteiger partial charge in [-0.25, -0.2) is 9.78 Å². The van der Waals surface area contributed by atoms with Gasteiger partial charge in [0.2, 0.25) is 0 Å². The van der Waals surface area contributed by atoms with Crippen LogP contribution in [0.15, 0.2) is 12.3 Å². The Balaban J connectivity index is 2.17. The van der Waals surface area contributed by atoms with Gasteiger partial charge in [-0.3, -0.25) is 0 Å². The summed E-state index contributed by atoms with van der Waals surface area (Å²) in [6, 6.07) is 1.44. The van der Waals surface area contributed by atoms with Crippen LogP contribution >= 0.6 is 0 Å². The molecule has 1 aliphatic rings. The van der Waals surface area contributed by atoms with Crippen LogP contribution in [0.3, 0.4) is 0 Å². The predicted molar refractivity (Wildman–Crippen MR) is 72.3 cm³/mol. The monoisotopic (exact) mass is 265 g/mol. The average molecular weight is 265 g/mol. The van der Waals surface area contributed by atoms with Gasteiger partial charge >= 0.3 is 5.97 Å². The normalized spacial score (nSPS) is 17.4. The Labute approximate surface area is 111 Å². The van der Waals surface area contributed by atoms with Crippen LogP contribution in [0, 0.1) is 0 Å². The lowest BCUT2D eigenvalue weighted by atomic mass is 10.0. The SMILES string of the molecule is CN(CC1(O)CCCC1)c1cc(C(=O)O)c(N)cn1. The Hall–Kier alpha value is -1.82. The minimum absolute atomic E-state index is 0.0373. The van der Waals surface area contributed by atoms with E-state index in [1.165, 1.54) is 12.3 Å². The van der Waals surface area contributed by atoms with Crippen molar-refractivity contribution < 1.29 is 15.0 Å². The lowest BCUT2D eigenvalue weighted by Crippen LogP contribution is -2.39. The number of aromatic nitrogens is 1. The Bertz CT molecular complexity index is 484. The largest absolute Gasteiger partial charge is 0.478 e. The number of nitrogens with two attached hydrogens (primary N) is 1. The maximum Gasteiger partial charge on any atom is 0.337 e. The summed E-state index contributed by atoms with van der Waals surface area (Å²) in [4.78, 5) is 16.9. The van der Waals surface area contributed by atoms with Gasteiger partial charge in [-0.15, -0.1) is 0 Å². The number of aromatic carboxylic acids is 1. The first-order chi connectivity index (χ1) is 8.91. The summed E-state index contributed by atoms with van der Waals surface area (Å²) in [7, 11) is 1.79. The molecule has 104 valence electrons. The fourth-order valence-electron chi connectivity index (χ4n) is 2.56. The van der Waals surface area contributed by atoms with Gasteiger partial charge in [0.25, 0.3) is 0 Å². The molecule has 0 atom stereocenters. The summed E-state index contributed by atoms with van der Waals surface area (Å²) in [6.45, 7) is 0.447. The molecule has 0 spiro atoms. The van der Waals surface area contributed by atoms with Crippen molar-refractivity contribution in [2.45, 2.75) is 31.3 Å². The fraction of sp³-hybridized carbons (Fsp3) is 0.538. The molecule has 0 radical (unpaired) electrons. The summed E-state index contributed by atoms with van der Waals surface area (Å²) in [5.74, 6) is -0.568. The van der Waals surface area contributed by atoms with Crippen LogP contribution in [0.25, 0.3) is 0 Å². The zero-order valence-electron chi connectivity index (χ0n) is 11.0. The van der Waals surface area contributed by atoms with Crippen LogP contribution < -0.4 is 10.6 Å². The number of carboxylic acids is 1. The van der Waals surface area contributed by atoms with E-state index in [-0.39, 0.29) is 11.3 Å². The van der Waals surface area contributed by atoms with E-state index < -0.39 is 11.6 Å². The van der Waals surface area contributed by atoms with Crippen LogP contribution in [-0.4, -0.2) is 40.4 Å². The average Bonchev–Trinajstić information content (AvgIpc) is 2.75. The van der Waals surface area contributed by atoms with Gasteiger partial charge in [-0.2, -0.15) is 0 Å². The molecule has 0 amide bonds. The molecule has 1 aromatic heterocycles. The van der Waals surface area contributed by atoms with Crippen molar-refractivity contribution in [1.82, 2.24) is 4.98 Å². The highest BCUT2D eigenvalue weighted by Crippen LogP contribution is 2.31. The van der Waals surface area contributed by atoms with Gasteiger partial charge in [0.05, 0.1) is 23.0 Å². The van der Waals surface area contributed by atoms with E-state index in [2.05, 4.69) is 4.98 Å². The van der Waals surface area contributed by atoms with Gasteiger partial charge in [0, 0.05) is 13.6 Å². The number of carbonyl (C=O) groups is 1. The van der Waals surface area contributed by atoms with Crippen molar-refractivity contribution in [3.8, 4) is 0 Å². The molecule has 1 saturated carbocycles. The molecule has 0 aliphatic heterocycles. The van der Waals surface area contributed by atoms with E-state index in [1.54, 1.807) is 11.9 Å². The van der Waals surface area contributed by atoms with Crippen LogP contribution in [0.4, 0.5) is 11.5 Å². The quantitative estimate of drug-likeness (QED) is 0.754. The zero-order chi connectivity index (χ0) is 14.0. The number of pyridine rings is 1. The Morgan fingerprint density at radius 2 is 2.16 bits per heavy atom. The van der Waals surface area contributed by atoms with E-state index in [1.807, 2.05) is 0 Å². The third-order valence-corrected chi connectivity index (χ3v) is 3.61. The number of nitrogen functional groups attached to an aromatic ring is 1. The number of carboxylic acid groups (broad SMARTS) is 1. The summed E-state index contributed by atoms with van der Waals surface area (Å²) >= 11 is 0. The van der Waals surface area contributed by atoms with Crippen molar-refractivity contribution >= 4 is 17.5 Å². The number of nitrogens with zero attached hydrogens (tertiary/aromatic N) is 2. The van der Waals surface area contributed by atoms with Crippen molar-refractivity contribution in [1.29, 1.82) is 0 Å². The van der Waals surface area contributed by atoms with Crippen LogP contribution in [0.1, 0.15) is 36.0 Å². The number of rotatable bonds is 4. The molecule has 0 aromatic carbocycles. The topological polar surface area (TPSA) is 99.7 Å². The molecular weight excluding hydrogens is 246 g/mol. The molecule has 1 fully saturated rings. The smallest absolute Gasteiger partial charge is 0.337 e. The molecule has 1 aromatic rings. The van der Waals surface area contributed by atoms with Crippen LogP contribution in [0.5, 0.6) is 0 Å². The summed E-state index contributed by atoms with van der Waals surface area (Å²) in [5, 5.41) is 19.4. The lowest BCUT2D eigenvalue weighted by molar-refractivity contribution is 0.0558. The van der Waals surface area contributed by atoms with Crippen molar-refractivity contribution in [3.63, 3.8) is 0 Å². The molecule has 0 saturated heterocycles. The molecule has 1 heterocycles. The Morgan fingerprint density at radius 3 is 2.74 bits per heavy atom. The van der Waals surface area contributed by atoms with Crippen LogP contribution in [0.2, 0.25) is 0 Å². The zero-order valence-corrected chi connectivity index (χ0v) is 11.0. The van der Waals surface area contributed by atoms with Crippen LogP contribution in [-0.2, 0) is 0 Å². The summed E-state index contributed by atoms with van der Waals surface area (Å²) in [6.07, 6.45) is 4.95. The molecule has 4 N–H and O–H groups in total. The van der Waals surface area contributed by atoms with E-state index >= 15 is 0 Å². The van der Waals surface area contributed by atoms with Crippen molar-refractivity contribution in [2.75, 3.05) is 24.2 Å². The molecule has 0 bridgehead atoms. The first kappa shape index (κ1) is 13.6. The van der Waals surface area contributed by atoms with Crippen molar-refractivity contribution in [2.24, 2.45) is 0 Å². The predicted octanol–water partition coefficient (Wildman–Crippen LogP) is 1.10. The molecular formula is C13H19N3O3. The highest BCUT2D eigenvalue weighted by molar-refractivity contribution is 5.94. The number of hydrogen-bond donors (Lipinski definition) is 3. The number of aliphatic hydroxyl groups is 1. The van der Waals surface area contributed by atoms with E-state index in [0.717, 1.165) is 25.7 Å². The maximum atomic E-state index is 11.0. The van der Waals surface area contributed by atoms with E-state index in [0.29, 0.717) is 12.4 Å². The highest BCUT2D eigenvalue weighted by atomic mass is 16.4. The second-order valence-electron chi connectivity index (χ2n) is 5.22. The van der Waals surface area contributed by atoms with E-state index in [4.69, 9.17) is 10.8 Å². The van der Waals surface area contributed by atoms with E-state index in [9.17, 15) is 9.90 Å². The summed E-state index contributed by atoms with van der Waals surface area (Å²) < 4.78 is 0. The minimum atomic E-state index is -1.07. The van der Waals surface area contributed by atoms with Gasteiger partial charge in [-0.1, -0.05) is 12.8 Å². The Morgan fingerprint density at radius 1 is 1.53 bits per heavy atom. The first-order valence-corrected chi connectivity index (χ1v) is 6.34. The molecule has 0 unspecified atom stereocenters. The standard InChI is InChI=1S/C13H19N3O3/c1-16(8-13(19)4-2-3-5-13)11-6-9(12(17)18)10(14)7-15-11/h6-7,19H,2-5,8,14H2,1H3,(H,17,18). The molecule has 19 heavy (non-hydrogen) atoms. The summed E-state index contributed by atoms with van der Waals surface area (Å²) in [5.41, 5.74) is 5.06. The third-order valence-electron chi connectivity index (χ3n) is 3.61. The first-order valence-electron chi connectivity index (χ1n) is 6.34. The van der Waals surface area contributed by atoms with Gasteiger partial charge in [0.1, 0.15) is 5.82 Å². The lowest BCUT2D eigenvalue weighted by Gasteiger charge is -2.29.